The predicted molar refractivity (Wildman–Crippen MR) is 78.3 cm³/mol. The first-order valence-electron chi connectivity index (χ1n) is 6.76. The molecule has 114 valence electrons. The quantitative estimate of drug-likeness (QED) is 0.890. The van der Waals surface area contributed by atoms with Gasteiger partial charge in [-0.3, -0.25) is 4.68 Å². The second-order valence-corrected chi connectivity index (χ2v) is 4.81. The zero-order valence-electron chi connectivity index (χ0n) is 12.6. The van der Waals surface area contributed by atoms with E-state index in [0.29, 0.717) is 13.1 Å². The average molecular weight is 295 g/mol. The first kappa shape index (κ1) is 15.2. The maximum atomic E-state index is 13.8. The summed E-state index contributed by atoms with van der Waals surface area (Å²) in [6, 6.07) is 0.830. The topological polar surface area (TPSA) is 54.8 Å². The predicted octanol–water partition coefficient (Wildman–Crippen LogP) is 2.75. The summed E-state index contributed by atoms with van der Waals surface area (Å²) in [7, 11) is 1.85. The molecule has 0 fully saturated rings. The van der Waals surface area contributed by atoms with Crippen molar-refractivity contribution in [2.24, 2.45) is 7.05 Å². The number of nitrogens with one attached hydrogen (secondary N) is 2. The zero-order chi connectivity index (χ0) is 15.6. The molecule has 5 nitrogen and oxygen atoms in total. The van der Waals surface area contributed by atoms with Crippen LogP contribution in [0.2, 0.25) is 0 Å². The molecule has 0 atom stereocenters. The highest BCUT2D eigenvalue weighted by molar-refractivity contribution is 5.48. The van der Waals surface area contributed by atoms with E-state index in [1.54, 1.807) is 4.68 Å². The summed E-state index contributed by atoms with van der Waals surface area (Å²) in [6.07, 6.45) is 0. The number of aromatic nitrogens is 3. The van der Waals surface area contributed by atoms with Crippen molar-refractivity contribution in [1.82, 2.24) is 14.8 Å². The summed E-state index contributed by atoms with van der Waals surface area (Å²) in [5, 5.41) is 9.96. The van der Waals surface area contributed by atoms with Gasteiger partial charge in [-0.25, -0.2) is 13.8 Å². The van der Waals surface area contributed by atoms with Gasteiger partial charge in [0.1, 0.15) is 0 Å². The fraction of sp³-hybridized carbons (Fsp3) is 0.429. The fourth-order valence-corrected chi connectivity index (χ4v) is 2.13. The molecule has 0 aliphatic rings. The molecule has 0 radical (unpaired) electrons. The van der Waals surface area contributed by atoms with Crippen molar-refractivity contribution < 1.29 is 8.78 Å². The minimum absolute atomic E-state index is 0.0232. The second kappa shape index (κ2) is 6.07. The average Bonchev–Trinajstić information content (AvgIpc) is 2.66. The van der Waals surface area contributed by atoms with Crippen LogP contribution in [0.5, 0.6) is 0 Å². The Kier molecular flexibility index (Phi) is 4.40. The summed E-state index contributed by atoms with van der Waals surface area (Å²) in [5.41, 5.74) is 2.85. The van der Waals surface area contributed by atoms with Crippen molar-refractivity contribution in [3.8, 4) is 0 Å². The van der Waals surface area contributed by atoms with E-state index in [0.717, 1.165) is 23.0 Å². The van der Waals surface area contributed by atoms with Crippen LogP contribution in [-0.4, -0.2) is 21.3 Å². The smallest absolute Gasteiger partial charge is 0.168 e. The molecule has 2 rings (SSSR count). The van der Waals surface area contributed by atoms with Gasteiger partial charge in [-0.1, -0.05) is 0 Å². The summed E-state index contributed by atoms with van der Waals surface area (Å²) in [6.45, 7) is 6.54. The van der Waals surface area contributed by atoms with Crippen LogP contribution in [0, 0.1) is 25.5 Å². The Hall–Kier alpha value is -2.18. The van der Waals surface area contributed by atoms with Crippen LogP contribution in [0.3, 0.4) is 0 Å². The van der Waals surface area contributed by atoms with E-state index in [4.69, 9.17) is 0 Å². The zero-order valence-corrected chi connectivity index (χ0v) is 12.6. The third kappa shape index (κ3) is 3.12. The maximum absolute atomic E-state index is 13.8. The van der Waals surface area contributed by atoms with E-state index in [-0.39, 0.29) is 11.6 Å². The van der Waals surface area contributed by atoms with Crippen LogP contribution in [0.25, 0.3) is 0 Å². The van der Waals surface area contributed by atoms with Crippen LogP contribution in [-0.2, 0) is 13.6 Å². The summed E-state index contributed by atoms with van der Waals surface area (Å²) < 4.78 is 29.0. The van der Waals surface area contributed by atoms with E-state index < -0.39 is 11.6 Å². The molecule has 0 aromatic carbocycles. The SMILES string of the molecule is CCNc1nc(NCc2c(C)nn(C)c2C)c(F)cc1F. The molecule has 2 N–H and O–H groups in total. The molecule has 2 aromatic heterocycles. The van der Waals surface area contributed by atoms with Crippen molar-refractivity contribution in [3.63, 3.8) is 0 Å². The minimum atomic E-state index is -0.714. The number of hydrogen-bond acceptors (Lipinski definition) is 4. The van der Waals surface area contributed by atoms with E-state index in [1.165, 1.54) is 0 Å². The Morgan fingerprint density at radius 3 is 2.29 bits per heavy atom. The first-order chi connectivity index (χ1) is 9.93. The standard InChI is InChI=1S/C14H19F2N5/c1-5-17-13-11(15)6-12(16)14(19-13)18-7-10-8(2)20-21(4)9(10)3/h6H,5,7H2,1-4H3,(H2,17,18,19). The maximum Gasteiger partial charge on any atom is 0.168 e. The molecular formula is C14H19F2N5. The van der Waals surface area contributed by atoms with Gasteiger partial charge in [0, 0.05) is 37.5 Å². The summed E-state index contributed by atoms with van der Waals surface area (Å²) in [4.78, 5) is 3.94. The van der Waals surface area contributed by atoms with Gasteiger partial charge in [-0.05, 0) is 20.8 Å². The molecule has 0 bridgehead atoms. The van der Waals surface area contributed by atoms with E-state index in [2.05, 4.69) is 20.7 Å². The molecular weight excluding hydrogens is 276 g/mol. The number of aryl methyl sites for hydroxylation is 2. The van der Waals surface area contributed by atoms with Crippen molar-refractivity contribution in [2.45, 2.75) is 27.3 Å². The third-order valence-corrected chi connectivity index (χ3v) is 3.37. The molecule has 0 saturated carbocycles. The Morgan fingerprint density at radius 2 is 1.76 bits per heavy atom. The Balaban J connectivity index is 2.21. The van der Waals surface area contributed by atoms with Crippen LogP contribution in [0.15, 0.2) is 6.07 Å². The van der Waals surface area contributed by atoms with Gasteiger partial charge in [0.25, 0.3) is 0 Å². The lowest BCUT2D eigenvalue weighted by Crippen LogP contribution is -2.09. The van der Waals surface area contributed by atoms with Crippen LogP contribution >= 0.6 is 0 Å². The van der Waals surface area contributed by atoms with Gasteiger partial charge >= 0.3 is 0 Å². The summed E-state index contributed by atoms with van der Waals surface area (Å²) in [5.74, 6) is -1.35. The first-order valence-corrected chi connectivity index (χ1v) is 6.76. The normalized spacial score (nSPS) is 10.8. The van der Waals surface area contributed by atoms with Crippen LogP contribution in [0.1, 0.15) is 23.9 Å². The largest absolute Gasteiger partial charge is 0.368 e. The monoisotopic (exact) mass is 295 g/mol. The number of halogens is 2. The molecule has 0 saturated heterocycles. The molecule has 2 aromatic rings. The fourth-order valence-electron chi connectivity index (χ4n) is 2.13. The number of rotatable bonds is 5. The van der Waals surface area contributed by atoms with Gasteiger partial charge in [0.05, 0.1) is 5.69 Å². The van der Waals surface area contributed by atoms with E-state index in [9.17, 15) is 8.78 Å². The van der Waals surface area contributed by atoms with Crippen molar-refractivity contribution in [2.75, 3.05) is 17.2 Å². The highest BCUT2D eigenvalue weighted by atomic mass is 19.1. The lowest BCUT2D eigenvalue weighted by atomic mass is 10.2. The van der Waals surface area contributed by atoms with Gasteiger partial charge < -0.3 is 10.6 Å². The molecule has 7 heteroatoms. The number of anilines is 2. The lowest BCUT2D eigenvalue weighted by molar-refractivity contribution is 0.578. The number of pyridine rings is 1. The Bertz CT molecular complexity index is 651. The number of nitrogens with zero attached hydrogens (tertiary/aromatic N) is 3. The highest BCUT2D eigenvalue weighted by Gasteiger charge is 2.13. The molecule has 0 aliphatic carbocycles. The molecule has 0 aliphatic heterocycles. The second-order valence-electron chi connectivity index (χ2n) is 4.81. The van der Waals surface area contributed by atoms with Gasteiger partial charge in [0.15, 0.2) is 23.3 Å². The third-order valence-electron chi connectivity index (χ3n) is 3.37. The summed E-state index contributed by atoms with van der Waals surface area (Å²) >= 11 is 0. The molecule has 0 spiro atoms. The van der Waals surface area contributed by atoms with Crippen molar-refractivity contribution in [1.29, 1.82) is 0 Å². The lowest BCUT2D eigenvalue weighted by Gasteiger charge is -2.10. The molecule has 21 heavy (non-hydrogen) atoms. The minimum Gasteiger partial charge on any atom is -0.368 e. The van der Waals surface area contributed by atoms with E-state index >= 15 is 0 Å². The Morgan fingerprint density at radius 1 is 1.14 bits per heavy atom. The molecule has 0 unspecified atom stereocenters. The van der Waals surface area contributed by atoms with Crippen LogP contribution in [0.4, 0.5) is 20.4 Å². The van der Waals surface area contributed by atoms with E-state index in [1.807, 2.05) is 27.8 Å². The van der Waals surface area contributed by atoms with Crippen molar-refractivity contribution >= 4 is 11.6 Å². The van der Waals surface area contributed by atoms with Gasteiger partial charge in [0.2, 0.25) is 0 Å². The Labute approximate surface area is 122 Å². The van der Waals surface area contributed by atoms with Gasteiger partial charge in [-0.2, -0.15) is 5.10 Å². The molecule has 0 amide bonds. The van der Waals surface area contributed by atoms with Crippen molar-refractivity contribution in [3.05, 3.63) is 34.7 Å². The number of hydrogen-bond donors (Lipinski definition) is 2. The van der Waals surface area contributed by atoms with Crippen LogP contribution < -0.4 is 10.6 Å². The van der Waals surface area contributed by atoms with Gasteiger partial charge in [-0.15, -0.1) is 0 Å². The molecule has 2 heterocycles. The highest BCUT2D eigenvalue weighted by Crippen LogP contribution is 2.20.